The van der Waals surface area contributed by atoms with Crippen LogP contribution in [0.1, 0.15) is 35.6 Å². The van der Waals surface area contributed by atoms with Gasteiger partial charge in [0.1, 0.15) is 12.6 Å². The normalized spacial score (nSPS) is 12.0. The summed E-state index contributed by atoms with van der Waals surface area (Å²) in [6.07, 6.45) is 2.16. The highest BCUT2D eigenvalue weighted by atomic mass is 32.2. The van der Waals surface area contributed by atoms with Crippen molar-refractivity contribution in [3.8, 4) is 0 Å². The average molecular weight is 536 g/mol. The van der Waals surface area contributed by atoms with Gasteiger partial charge in [0, 0.05) is 19.5 Å². The lowest BCUT2D eigenvalue weighted by Crippen LogP contribution is -2.53. The number of hydrogen-bond acceptors (Lipinski definition) is 4. The largest absolute Gasteiger partial charge is 0.354 e. The molecule has 1 N–H and O–H groups in total. The van der Waals surface area contributed by atoms with Gasteiger partial charge in [-0.2, -0.15) is 0 Å². The molecule has 1 atom stereocenters. The first-order chi connectivity index (χ1) is 18.1. The molecular weight excluding hydrogens is 498 g/mol. The smallest absolute Gasteiger partial charge is 0.244 e. The van der Waals surface area contributed by atoms with Crippen molar-refractivity contribution in [3.05, 3.63) is 101 Å². The Morgan fingerprint density at radius 2 is 1.39 bits per heavy atom. The Hall–Kier alpha value is -3.65. The minimum absolute atomic E-state index is 0.168. The minimum Gasteiger partial charge on any atom is -0.354 e. The quantitative estimate of drug-likeness (QED) is 0.376. The number of aryl methyl sites for hydroxylation is 2. The van der Waals surface area contributed by atoms with Crippen molar-refractivity contribution in [2.24, 2.45) is 0 Å². The second kappa shape index (κ2) is 13.2. The van der Waals surface area contributed by atoms with Gasteiger partial charge in [-0.05, 0) is 42.5 Å². The molecular formula is C30H37N3O4S. The summed E-state index contributed by atoms with van der Waals surface area (Å²) in [5.74, 6) is -0.715. The first kappa shape index (κ1) is 28.9. The fraction of sp³-hybridized carbons (Fsp3) is 0.333. The maximum absolute atomic E-state index is 14.1. The fourth-order valence-corrected chi connectivity index (χ4v) is 5.44. The molecule has 0 aliphatic rings. The molecule has 3 rings (SSSR count). The lowest BCUT2D eigenvalue weighted by Gasteiger charge is -2.34. The van der Waals surface area contributed by atoms with Crippen molar-refractivity contribution in [1.82, 2.24) is 10.2 Å². The maximum atomic E-state index is 14.1. The van der Waals surface area contributed by atoms with Crippen molar-refractivity contribution < 1.29 is 18.0 Å². The van der Waals surface area contributed by atoms with Crippen molar-refractivity contribution in [2.75, 3.05) is 23.7 Å². The molecule has 3 aromatic carbocycles. The van der Waals surface area contributed by atoms with E-state index in [9.17, 15) is 18.0 Å². The number of para-hydroxylation sites is 1. The highest BCUT2D eigenvalue weighted by molar-refractivity contribution is 7.92. The van der Waals surface area contributed by atoms with Gasteiger partial charge in [0.25, 0.3) is 0 Å². The van der Waals surface area contributed by atoms with E-state index in [0.717, 1.165) is 39.2 Å². The van der Waals surface area contributed by atoms with Gasteiger partial charge in [0.2, 0.25) is 21.8 Å². The van der Waals surface area contributed by atoms with Crippen molar-refractivity contribution in [1.29, 1.82) is 0 Å². The highest BCUT2D eigenvalue weighted by Gasteiger charge is 2.33. The first-order valence-electron chi connectivity index (χ1n) is 12.8. The van der Waals surface area contributed by atoms with E-state index in [1.807, 2.05) is 99.6 Å². The summed E-state index contributed by atoms with van der Waals surface area (Å²) in [4.78, 5) is 29.0. The molecule has 0 aliphatic carbocycles. The van der Waals surface area contributed by atoms with E-state index in [1.54, 1.807) is 0 Å². The van der Waals surface area contributed by atoms with E-state index in [-0.39, 0.29) is 12.5 Å². The van der Waals surface area contributed by atoms with E-state index in [0.29, 0.717) is 18.7 Å². The molecule has 0 aliphatic heterocycles. The summed E-state index contributed by atoms with van der Waals surface area (Å²) in [6, 6.07) is 23.6. The number of amides is 2. The van der Waals surface area contributed by atoms with E-state index >= 15 is 0 Å². The summed E-state index contributed by atoms with van der Waals surface area (Å²) in [5.41, 5.74) is 3.74. The third-order valence-electron chi connectivity index (χ3n) is 6.38. The Labute approximate surface area is 226 Å². The SMILES string of the molecule is CCCNC(=O)C(Cc1ccccc1)N(Cc1ccccc1)C(=O)CN(c1c(C)cccc1C)S(C)(=O)=O. The molecule has 7 nitrogen and oxygen atoms in total. The second-order valence-electron chi connectivity index (χ2n) is 9.51. The van der Waals surface area contributed by atoms with Crippen LogP contribution in [0, 0.1) is 13.8 Å². The molecule has 0 saturated heterocycles. The Morgan fingerprint density at radius 1 is 0.842 bits per heavy atom. The average Bonchev–Trinajstić information content (AvgIpc) is 2.89. The molecule has 0 fully saturated rings. The van der Waals surface area contributed by atoms with Crippen LogP contribution in [0.2, 0.25) is 0 Å². The van der Waals surface area contributed by atoms with Gasteiger partial charge in [-0.3, -0.25) is 13.9 Å². The molecule has 0 spiro atoms. The van der Waals surface area contributed by atoms with Crippen LogP contribution in [0.5, 0.6) is 0 Å². The van der Waals surface area contributed by atoms with E-state index in [1.165, 1.54) is 4.90 Å². The summed E-state index contributed by atoms with van der Waals surface area (Å²) < 4.78 is 27.1. The van der Waals surface area contributed by atoms with Gasteiger partial charge < -0.3 is 10.2 Å². The predicted octanol–water partition coefficient (Wildman–Crippen LogP) is 4.24. The monoisotopic (exact) mass is 535 g/mol. The van der Waals surface area contributed by atoms with Crippen LogP contribution in [0.15, 0.2) is 78.9 Å². The molecule has 0 saturated carbocycles. The summed E-state index contributed by atoms with van der Waals surface area (Å²) in [7, 11) is -3.80. The van der Waals surface area contributed by atoms with Crippen molar-refractivity contribution in [2.45, 2.75) is 46.2 Å². The van der Waals surface area contributed by atoms with Crippen LogP contribution in [-0.4, -0.2) is 50.5 Å². The van der Waals surface area contributed by atoms with Crippen molar-refractivity contribution in [3.63, 3.8) is 0 Å². The van der Waals surface area contributed by atoms with Crippen LogP contribution in [0.25, 0.3) is 0 Å². The van der Waals surface area contributed by atoms with Crippen LogP contribution in [0.4, 0.5) is 5.69 Å². The van der Waals surface area contributed by atoms with Crippen LogP contribution < -0.4 is 9.62 Å². The molecule has 1 unspecified atom stereocenters. The van der Waals surface area contributed by atoms with Gasteiger partial charge in [-0.25, -0.2) is 8.42 Å². The van der Waals surface area contributed by atoms with Crippen LogP contribution >= 0.6 is 0 Å². The lowest BCUT2D eigenvalue weighted by atomic mass is 10.0. The van der Waals surface area contributed by atoms with E-state index in [2.05, 4.69) is 5.32 Å². The Bertz CT molecular complexity index is 1310. The van der Waals surface area contributed by atoms with Crippen LogP contribution in [0.3, 0.4) is 0 Å². The number of sulfonamides is 1. The Kier molecular flexibility index (Phi) is 10.1. The summed E-state index contributed by atoms with van der Waals surface area (Å²) >= 11 is 0. The molecule has 38 heavy (non-hydrogen) atoms. The maximum Gasteiger partial charge on any atom is 0.244 e. The third-order valence-corrected chi connectivity index (χ3v) is 7.50. The molecule has 202 valence electrons. The number of carbonyl (C=O) groups excluding carboxylic acids is 2. The Balaban J connectivity index is 2.06. The van der Waals surface area contributed by atoms with Gasteiger partial charge in [-0.1, -0.05) is 85.8 Å². The molecule has 0 bridgehead atoms. The van der Waals surface area contributed by atoms with Gasteiger partial charge >= 0.3 is 0 Å². The minimum atomic E-state index is -3.80. The number of nitrogens with one attached hydrogen (secondary N) is 1. The molecule has 2 amide bonds. The van der Waals surface area contributed by atoms with E-state index < -0.39 is 28.5 Å². The highest BCUT2D eigenvalue weighted by Crippen LogP contribution is 2.27. The second-order valence-corrected chi connectivity index (χ2v) is 11.4. The molecule has 0 heterocycles. The van der Waals surface area contributed by atoms with Gasteiger partial charge in [0.15, 0.2) is 0 Å². The number of anilines is 1. The Morgan fingerprint density at radius 3 is 1.92 bits per heavy atom. The van der Waals surface area contributed by atoms with Gasteiger partial charge in [0.05, 0.1) is 11.9 Å². The lowest BCUT2D eigenvalue weighted by molar-refractivity contribution is -0.140. The van der Waals surface area contributed by atoms with Gasteiger partial charge in [-0.15, -0.1) is 0 Å². The number of carbonyl (C=O) groups is 2. The van der Waals surface area contributed by atoms with E-state index in [4.69, 9.17) is 0 Å². The van der Waals surface area contributed by atoms with Crippen molar-refractivity contribution >= 4 is 27.5 Å². The molecule has 3 aromatic rings. The summed E-state index contributed by atoms with van der Waals surface area (Å²) in [5, 5.41) is 2.94. The molecule has 8 heteroatoms. The summed E-state index contributed by atoms with van der Waals surface area (Å²) in [6.45, 7) is 5.85. The zero-order chi connectivity index (χ0) is 27.7. The molecule has 0 aromatic heterocycles. The predicted molar refractivity (Wildman–Crippen MR) is 152 cm³/mol. The molecule has 0 radical (unpaired) electrons. The number of benzene rings is 3. The topological polar surface area (TPSA) is 86.8 Å². The first-order valence-corrected chi connectivity index (χ1v) is 14.7. The van der Waals surface area contributed by atoms with Crippen LogP contribution in [-0.2, 0) is 32.6 Å². The number of nitrogens with zero attached hydrogens (tertiary/aromatic N) is 2. The standard InChI is InChI=1S/C30H37N3O4S/c1-5-19-31-30(35)27(20-25-15-8-6-9-16-25)32(21-26-17-10-7-11-18-26)28(34)22-33(38(4,36)37)29-23(2)13-12-14-24(29)3/h6-18,27H,5,19-22H2,1-4H3,(H,31,35). The third kappa shape index (κ3) is 7.68. The fourth-order valence-electron chi connectivity index (χ4n) is 4.47. The number of hydrogen-bond donors (Lipinski definition) is 1. The zero-order valence-corrected chi connectivity index (χ0v) is 23.4. The zero-order valence-electron chi connectivity index (χ0n) is 22.6. The number of rotatable bonds is 12.